The minimum Gasteiger partial charge on any atom is -0.481 e. The van der Waals surface area contributed by atoms with Crippen molar-refractivity contribution >= 4 is 23.8 Å². The van der Waals surface area contributed by atoms with E-state index < -0.39 is 47.4 Å². The zero-order valence-electron chi connectivity index (χ0n) is 13.3. The van der Waals surface area contributed by atoms with Crippen LogP contribution in [0.1, 0.15) is 19.8 Å². The first-order valence-corrected chi connectivity index (χ1v) is 7.29. The number of hydrogen-bond donors (Lipinski definition) is 4. The number of aliphatic carboxylic acids is 2. The van der Waals surface area contributed by atoms with E-state index in [1.165, 1.54) is 14.1 Å². The van der Waals surface area contributed by atoms with Crippen molar-refractivity contribution in [3.05, 3.63) is 11.6 Å². The van der Waals surface area contributed by atoms with Gasteiger partial charge in [0.2, 0.25) is 11.8 Å². The molecule has 0 heterocycles. The summed E-state index contributed by atoms with van der Waals surface area (Å²) < 4.78 is 0. The number of nitrogens with one attached hydrogen (secondary N) is 2. The Labute approximate surface area is 133 Å². The smallest absolute Gasteiger partial charge is 0.311 e. The van der Waals surface area contributed by atoms with Gasteiger partial charge < -0.3 is 20.8 Å². The molecule has 0 saturated heterocycles. The Morgan fingerprint density at radius 3 is 2.26 bits per heavy atom. The number of carboxylic acid groups (broad SMARTS) is 2. The van der Waals surface area contributed by atoms with E-state index in [9.17, 15) is 29.4 Å². The number of rotatable bonds is 6. The summed E-state index contributed by atoms with van der Waals surface area (Å²) in [5, 5.41) is 23.5. The lowest BCUT2D eigenvalue weighted by Gasteiger charge is -2.34. The van der Waals surface area contributed by atoms with Crippen molar-refractivity contribution in [2.45, 2.75) is 19.8 Å². The fourth-order valence-electron chi connectivity index (χ4n) is 3.07. The van der Waals surface area contributed by atoms with Crippen LogP contribution in [0.15, 0.2) is 11.6 Å². The molecule has 0 bridgehead atoms. The second-order valence-corrected chi connectivity index (χ2v) is 5.67. The van der Waals surface area contributed by atoms with E-state index in [2.05, 4.69) is 10.6 Å². The van der Waals surface area contributed by atoms with E-state index in [0.29, 0.717) is 5.57 Å². The molecule has 0 fully saturated rings. The van der Waals surface area contributed by atoms with Gasteiger partial charge in [-0.25, -0.2) is 0 Å². The van der Waals surface area contributed by atoms with Crippen molar-refractivity contribution in [3.63, 3.8) is 0 Å². The summed E-state index contributed by atoms with van der Waals surface area (Å²) >= 11 is 0. The van der Waals surface area contributed by atoms with Crippen molar-refractivity contribution < 1.29 is 29.4 Å². The van der Waals surface area contributed by atoms with Gasteiger partial charge in [-0.05, 0) is 19.3 Å². The highest BCUT2D eigenvalue weighted by Crippen LogP contribution is 2.38. The fraction of sp³-hybridized carbons (Fsp3) is 0.600. The molecule has 1 aliphatic rings. The van der Waals surface area contributed by atoms with Crippen LogP contribution in [0, 0.1) is 23.7 Å². The predicted octanol–water partition coefficient (Wildman–Crippen LogP) is -0.147. The van der Waals surface area contributed by atoms with Crippen LogP contribution in [-0.2, 0) is 19.2 Å². The van der Waals surface area contributed by atoms with Gasteiger partial charge in [-0.1, -0.05) is 11.6 Å². The molecular weight excluding hydrogens is 304 g/mol. The maximum Gasteiger partial charge on any atom is 0.311 e. The molecule has 1 rings (SSSR count). The van der Waals surface area contributed by atoms with Gasteiger partial charge in [-0.3, -0.25) is 19.2 Å². The van der Waals surface area contributed by atoms with E-state index in [-0.39, 0.29) is 12.8 Å². The number of amides is 2. The molecule has 0 saturated carbocycles. The summed E-state index contributed by atoms with van der Waals surface area (Å²) in [4.78, 5) is 46.5. The Morgan fingerprint density at radius 2 is 1.83 bits per heavy atom. The minimum absolute atomic E-state index is 0.0714. The van der Waals surface area contributed by atoms with Crippen molar-refractivity contribution in [1.82, 2.24) is 10.6 Å². The van der Waals surface area contributed by atoms with Crippen molar-refractivity contribution in [3.8, 4) is 0 Å². The first-order valence-electron chi connectivity index (χ1n) is 7.29. The molecule has 23 heavy (non-hydrogen) atoms. The van der Waals surface area contributed by atoms with Gasteiger partial charge in [0, 0.05) is 20.5 Å². The molecule has 128 valence electrons. The number of carbonyl (C=O) groups is 4. The Balaban J connectivity index is 3.16. The molecule has 8 nitrogen and oxygen atoms in total. The van der Waals surface area contributed by atoms with E-state index in [4.69, 9.17) is 0 Å². The van der Waals surface area contributed by atoms with Crippen LogP contribution in [0.3, 0.4) is 0 Å². The monoisotopic (exact) mass is 326 g/mol. The summed E-state index contributed by atoms with van der Waals surface area (Å²) in [6.07, 6.45) is 1.42. The van der Waals surface area contributed by atoms with Crippen LogP contribution < -0.4 is 10.6 Å². The largest absolute Gasteiger partial charge is 0.481 e. The van der Waals surface area contributed by atoms with Crippen LogP contribution in [0.2, 0.25) is 0 Å². The molecule has 2 amide bonds. The molecule has 0 aliphatic heterocycles. The molecule has 4 atom stereocenters. The zero-order chi connectivity index (χ0) is 17.7. The van der Waals surface area contributed by atoms with Crippen LogP contribution >= 0.6 is 0 Å². The van der Waals surface area contributed by atoms with Gasteiger partial charge in [0.15, 0.2) is 0 Å². The van der Waals surface area contributed by atoms with E-state index in [1.807, 2.05) is 0 Å². The lowest BCUT2D eigenvalue weighted by molar-refractivity contribution is -0.148. The summed E-state index contributed by atoms with van der Waals surface area (Å²) in [6.45, 7) is 1.57. The Kier molecular flexibility index (Phi) is 6.29. The van der Waals surface area contributed by atoms with Gasteiger partial charge >= 0.3 is 11.9 Å². The van der Waals surface area contributed by atoms with Crippen molar-refractivity contribution in [2.75, 3.05) is 14.1 Å². The molecule has 4 N–H and O–H groups in total. The van der Waals surface area contributed by atoms with Crippen molar-refractivity contribution in [2.24, 2.45) is 23.7 Å². The van der Waals surface area contributed by atoms with Crippen molar-refractivity contribution in [1.29, 1.82) is 0 Å². The SMILES string of the molecule is CNC(=O)CC(C(=O)O)C1C=C(C)C(C(=O)O)C(C(=O)NC)C1. The number of hydrogen-bond acceptors (Lipinski definition) is 4. The average molecular weight is 326 g/mol. The van der Waals surface area contributed by atoms with Crippen LogP contribution in [0.25, 0.3) is 0 Å². The predicted molar refractivity (Wildman–Crippen MR) is 80.4 cm³/mol. The second-order valence-electron chi connectivity index (χ2n) is 5.67. The van der Waals surface area contributed by atoms with E-state index >= 15 is 0 Å². The Morgan fingerprint density at radius 1 is 1.22 bits per heavy atom. The third-order valence-corrected chi connectivity index (χ3v) is 4.26. The lowest BCUT2D eigenvalue weighted by Crippen LogP contribution is -2.42. The molecule has 1 aliphatic carbocycles. The maximum absolute atomic E-state index is 12.0. The van der Waals surface area contributed by atoms with Gasteiger partial charge in [-0.2, -0.15) is 0 Å². The van der Waals surface area contributed by atoms with Crippen LogP contribution in [0.5, 0.6) is 0 Å². The highest BCUT2D eigenvalue weighted by Gasteiger charge is 2.42. The molecule has 0 aromatic carbocycles. The van der Waals surface area contributed by atoms with Crippen LogP contribution in [0.4, 0.5) is 0 Å². The quantitative estimate of drug-likeness (QED) is 0.502. The Bertz CT molecular complexity index is 542. The van der Waals surface area contributed by atoms with Gasteiger partial charge in [0.1, 0.15) is 0 Å². The summed E-state index contributed by atoms with van der Waals surface area (Å²) in [7, 11) is 2.82. The third kappa shape index (κ3) is 4.30. The number of allylic oxidation sites excluding steroid dienone is 1. The molecule has 0 aromatic heterocycles. The molecule has 0 radical (unpaired) electrons. The molecule has 0 aromatic rings. The average Bonchev–Trinajstić information content (AvgIpc) is 2.49. The van der Waals surface area contributed by atoms with Gasteiger partial charge in [0.05, 0.1) is 17.8 Å². The van der Waals surface area contributed by atoms with E-state index in [1.54, 1.807) is 13.0 Å². The van der Waals surface area contributed by atoms with Gasteiger partial charge in [0.25, 0.3) is 0 Å². The molecule has 4 unspecified atom stereocenters. The fourth-order valence-corrected chi connectivity index (χ4v) is 3.07. The first-order chi connectivity index (χ1) is 10.7. The number of carbonyl (C=O) groups excluding carboxylic acids is 2. The maximum atomic E-state index is 12.0. The Hall–Kier alpha value is -2.38. The zero-order valence-corrected chi connectivity index (χ0v) is 13.3. The minimum atomic E-state index is -1.15. The highest BCUT2D eigenvalue weighted by molar-refractivity contribution is 5.87. The summed E-state index contributed by atoms with van der Waals surface area (Å²) in [5.41, 5.74) is 0.436. The standard InChI is InChI=1S/C15H22N2O6/c1-7-4-8(9(14(20)21)6-11(18)16-2)5-10(13(19)17-3)12(7)15(22)23/h4,8-10,12H,5-6H2,1-3H3,(H,16,18)(H,17,19)(H,20,21)(H,22,23). The third-order valence-electron chi connectivity index (χ3n) is 4.26. The molecular formula is C15H22N2O6. The van der Waals surface area contributed by atoms with E-state index in [0.717, 1.165) is 0 Å². The summed E-state index contributed by atoms with van der Waals surface area (Å²) in [5.74, 6) is -6.57. The lowest BCUT2D eigenvalue weighted by atomic mass is 9.70. The first kappa shape index (κ1) is 18.7. The summed E-state index contributed by atoms with van der Waals surface area (Å²) in [6, 6.07) is 0. The second kappa shape index (κ2) is 7.75. The van der Waals surface area contributed by atoms with Crippen LogP contribution in [-0.4, -0.2) is 48.1 Å². The normalized spacial score (nSPS) is 25.0. The number of carboxylic acids is 2. The molecule has 0 spiro atoms. The van der Waals surface area contributed by atoms with Gasteiger partial charge in [-0.15, -0.1) is 0 Å². The molecule has 8 heteroatoms. The topological polar surface area (TPSA) is 133 Å². The highest BCUT2D eigenvalue weighted by atomic mass is 16.4.